The highest BCUT2D eigenvalue weighted by atomic mass is 35.5. The highest BCUT2D eigenvalue weighted by Crippen LogP contribution is 2.26. The molecule has 1 aliphatic rings. The molecular weight excluding hydrogens is 274 g/mol. The van der Waals surface area contributed by atoms with E-state index < -0.39 is 10.0 Å². The summed E-state index contributed by atoms with van der Waals surface area (Å²) in [4.78, 5) is 0. The minimum absolute atomic E-state index is 0.147. The topological polar surface area (TPSA) is 66.1 Å². The summed E-state index contributed by atoms with van der Waals surface area (Å²) in [5.41, 5.74) is 0.537. The number of nitrogens with zero attached hydrogens (tertiary/aromatic N) is 2. The molecule has 0 aliphatic carbocycles. The van der Waals surface area contributed by atoms with Crippen molar-refractivity contribution in [3.63, 3.8) is 0 Å². The summed E-state index contributed by atoms with van der Waals surface area (Å²) in [7, 11) is -3.47. The van der Waals surface area contributed by atoms with Crippen molar-refractivity contribution in [1.82, 2.24) is 14.5 Å². The van der Waals surface area contributed by atoms with Gasteiger partial charge in [0.15, 0.2) is 5.03 Å². The van der Waals surface area contributed by atoms with Crippen LogP contribution < -0.4 is 0 Å². The summed E-state index contributed by atoms with van der Waals surface area (Å²) in [5.74, 6) is 0.603. The Morgan fingerprint density at radius 1 is 1.61 bits per heavy atom. The molecule has 0 saturated carbocycles. The van der Waals surface area contributed by atoms with Crippen LogP contribution in [0.2, 0.25) is 0 Å². The van der Waals surface area contributed by atoms with Crippen LogP contribution >= 0.6 is 11.6 Å². The predicted molar refractivity (Wildman–Crippen MR) is 69.9 cm³/mol. The largest absolute Gasteiger partial charge is 0.266 e. The van der Waals surface area contributed by atoms with Gasteiger partial charge in [-0.2, -0.15) is 9.40 Å². The highest BCUT2D eigenvalue weighted by molar-refractivity contribution is 7.89. The Hall–Kier alpha value is -0.590. The highest BCUT2D eigenvalue weighted by Gasteiger charge is 2.32. The van der Waals surface area contributed by atoms with Gasteiger partial charge in [0, 0.05) is 18.7 Å². The summed E-state index contributed by atoms with van der Waals surface area (Å²) in [5, 5.41) is 6.49. The van der Waals surface area contributed by atoms with Crippen molar-refractivity contribution >= 4 is 21.6 Å². The number of alkyl halides is 1. The molecule has 0 amide bonds. The zero-order valence-electron chi connectivity index (χ0n) is 10.4. The average Bonchev–Trinajstić information content (AvgIpc) is 2.88. The van der Waals surface area contributed by atoms with Gasteiger partial charge in [-0.1, -0.05) is 13.3 Å². The van der Waals surface area contributed by atoms with E-state index in [0.717, 1.165) is 19.3 Å². The molecule has 18 heavy (non-hydrogen) atoms. The van der Waals surface area contributed by atoms with Gasteiger partial charge in [-0.05, 0) is 18.8 Å². The van der Waals surface area contributed by atoms with Crippen LogP contribution in [0.15, 0.2) is 11.2 Å². The van der Waals surface area contributed by atoms with Gasteiger partial charge in [-0.25, -0.2) is 8.42 Å². The first-order chi connectivity index (χ1) is 8.59. The summed E-state index contributed by atoms with van der Waals surface area (Å²) in [6.07, 6.45) is 4.51. The molecule has 1 N–H and O–H groups in total. The van der Waals surface area contributed by atoms with Crippen LogP contribution in [0.3, 0.4) is 0 Å². The van der Waals surface area contributed by atoms with E-state index in [9.17, 15) is 8.42 Å². The molecule has 1 aromatic rings. The molecule has 1 saturated heterocycles. The lowest BCUT2D eigenvalue weighted by Gasteiger charge is -2.31. The smallest absolute Gasteiger partial charge is 0.260 e. The summed E-state index contributed by atoms with van der Waals surface area (Å²) < 4.78 is 26.5. The lowest BCUT2D eigenvalue weighted by Crippen LogP contribution is -2.40. The van der Waals surface area contributed by atoms with Crippen molar-refractivity contribution in [2.75, 3.05) is 13.1 Å². The maximum atomic E-state index is 12.5. The number of nitrogens with one attached hydrogen (secondary N) is 1. The lowest BCUT2D eigenvalue weighted by molar-refractivity contribution is 0.261. The van der Waals surface area contributed by atoms with Crippen LogP contribution in [0.1, 0.15) is 31.7 Å². The van der Waals surface area contributed by atoms with E-state index in [2.05, 4.69) is 17.1 Å². The second-order valence-electron chi connectivity index (χ2n) is 4.64. The maximum absolute atomic E-state index is 12.5. The Bertz CT molecular complexity index is 500. The fraction of sp³-hybridized carbons (Fsp3) is 0.727. The monoisotopic (exact) mass is 291 g/mol. The molecule has 1 aliphatic heterocycles. The Kier molecular flexibility index (Phi) is 4.29. The normalized spacial score (nSPS) is 22.2. The van der Waals surface area contributed by atoms with Crippen molar-refractivity contribution in [2.45, 2.75) is 37.1 Å². The third-order valence-corrected chi connectivity index (χ3v) is 5.65. The number of H-pyrrole nitrogens is 1. The second kappa shape index (κ2) is 5.59. The minimum Gasteiger partial charge on any atom is -0.266 e. The van der Waals surface area contributed by atoms with Gasteiger partial charge < -0.3 is 0 Å². The standard InChI is InChI=1S/C11H18ClN3O2S/c1-2-9-4-3-5-15(8-9)18(16,17)11-10(6-12)7-13-14-11/h7,9H,2-6,8H2,1H3,(H,13,14). The van der Waals surface area contributed by atoms with E-state index >= 15 is 0 Å². The second-order valence-corrected chi connectivity index (χ2v) is 6.78. The number of hydrogen-bond acceptors (Lipinski definition) is 3. The van der Waals surface area contributed by atoms with Crippen LogP contribution in [-0.4, -0.2) is 36.0 Å². The molecule has 1 fully saturated rings. The van der Waals surface area contributed by atoms with Gasteiger partial charge in [-0.15, -0.1) is 11.6 Å². The molecule has 0 spiro atoms. The van der Waals surface area contributed by atoms with Crippen molar-refractivity contribution in [3.8, 4) is 0 Å². The van der Waals surface area contributed by atoms with E-state index in [4.69, 9.17) is 11.6 Å². The predicted octanol–water partition coefficient (Wildman–Crippen LogP) is 1.96. The molecule has 1 atom stereocenters. The van der Waals surface area contributed by atoms with Gasteiger partial charge in [0.25, 0.3) is 10.0 Å². The molecule has 2 rings (SSSR count). The van der Waals surface area contributed by atoms with E-state index in [1.807, 2.05) is 0 Å². The number of piperidine rings is 1. The van der Waals surface area contributed by atoms with E-state index in [1.165, 1.54) is 6.20 Å². The Labute approximate surface area is 113 Å². The summed E-state index contributed by atoms with van der Waals surface area (Å²) >= 11 is 5.73. The first-order valence-corrected chi connectivity index (χ1v) is 8.15. The van der Waals surface area contributed by atoms with Gasteiger partial charge in [0.05, 0.1) is 12.1 Å². The van der Waals surface area contributed by atoms with Crippen molar-refractivity contribution in [1.29, 1.82) is 0 Å². The number of halogens is 1. The molecule has 0 radical (unpaired) electrons. The quantitative estimate of drug-likeness (QED) is 0.863. The number of hydrogen-bond donors (Lipinski definition) is 1. The SMILES string of the molecule is CCC1CCCN(S(=O)(=O)c2[nH]ncc2CCl)C1. The van der Waals surface area contributed by atoms with Crippen molar-refractivity contribution in [2.24, 2.45) is 5.92 Å². The maximum Gasteiger partial charge on any atom is 0.260 e. The molecule has 0 bridgehead atoms. The molecule has 0 aromatic carbocycles. The molecule has 2 heterocycles. The van der Waals surface area contributed by atoms with E-state index in [1.54, 1.807) is 4.31 Å². The number of aromatic nitrogens is 2. The van der Waals surface area contributed by atoms with Crippen molar-refractivity contribution in [3.05, 3.63) is 11.8 Å². The average molecular weight is 292 g/mol. The number of rotatable bonds is 4. The number of aromatic amines is 1. The lowest BCUT2D eigenvalue weighted by atomic mass is 9.97. The third kappa shape index (κ3) is 2.55. The molecule has 1 aromatic heterocycles. The summed E-state index contributed by atoms with van der Waals surface area (Å²) in [6, 6.07) is 0. The van der Waals surface area contributed by atoms with E-state index in [-0.39, 0.29) is 10.9 Å². The Balaban J connectivity index is 2.25. The molecule has 7 heteroatoms. The first kappa shape index (κ1) is 13.8. The van der Waals surface area contributed by atoms with Crippen molar-refractivity contribution < 1.29 is 8.42 Å². The molecule has 1 unspecified atom stereocenters. The third-order valence-electron chi connectivity index (χ3n) is 3.48. The van der Waals surface area contributed by atoms with Gasteiger partial charge >= 0.3 is 0 Å². The molecule has 5 nitrogen and oxygen atoms in total. The fourth-order valence-electron chi connectivity index (χ4n) is 2.33. The number of sulfonamides is 1. The first-order valence-electron chi connectivity index (χ1n) is 6.18. The zero-order chi connectivity index (χ0) is 13.2. The van der Waals surface area contributed by atoms with E-state index in [0.29, 0.717) is 24.6 Å². The zero-order valence-corrected chi connectivity index (χ0v) is 12.0. The Morgan fingerprint density at radius 2 is 2.39 bits per heavy atom. The van der Waals surface area contributed by atoms with Gasteiger partial charge in [0.1, 0.15) is 0 Å². The van der Waals surface area contributed by atoms with Gasteiger partial charge in [-0.3, -0.25) is 5.10 Å². The fourth-order valence-corrected chi connectivity index (χ4v) is 4.27. The van der Waals surface area contributed by atoms with Crippen LogP contribution in [0, 0.1) is 5.92 Å². The molecule has 102 valence electrons. The van der Waals surface area contributed by atoms with Crippen LogP contribution in [-0.2, 0) is 15.9 Å². The van der Waals surface area contributed by atoms with Crippen LogP contribution in [0.25, 0.3) is 0 Å². The molecular formula is C11H18ClN3O2S. The summed E-state index contributed by atoms with van der Waals surface area (Å²) in [6.45, 7) is 3.28. The Morgan fingerprint density at radius 3 is 3.06 bits per heavy atom. The van der Waals surface area contributed by atoms with Gasteiger partial charge in [0.2, 0.25) is 0 Å². The van der Waals surface area contributed by atoms with Crippen LogP contribution in [0.5, 0.6) is 0 Å². The minimum atomic E-state index is -3.47. The van der Waals surface area contributed by atoms with Crippen LogP contribution in [0.4, 0.5) is 0 Å².